The molecule has 1 atom stereocenters. The molecule has 0 aliphatic rings. The van der Waals surface area contributed by atoms with E-state index in [2.05, 4.69) is 20.8 Å². The van der Waals surface area contributed by atoms with Gasteiger partial charge in [0, 0.05) is 12.3 Å². The van der Waals surface area contributed by atoms with Crippen LogP contribution in [0, 0.1) is 5.41 Å². The van der Waals surface area contributed by atoms with Crippen molar-refractivity contribution in [1.82, 2.24) is 0 Å². The van der Waals surface area contributed by atoms with Crippen molar-refractivity contribution in [1.29, 1.82) is 0 Å². The Bertz CT molecular complexity index is 205. The average molecular weight is 184 g/mol. The van der Waals surface area contributed by atoms with Gasteiger partial charge < -0.3 is 4.74 Å². The van der Waals surface area contributed by atoms with Gasteiger partial charge in [0.1, 0.15) is 6.10 Å². The molecule has 0 aliphatic carbocycles. The van der Waals surface area contributed by atoms with E-state index in [1.54, 1.807) is 0 Å². The molecule has 76 valence electrons. The summed E-state index contributed by atoms with van der Waals surface area (Å²) >= 11 is 0. The highest BCUT2D eigenvalue weighted by atomic mass is 16.5. The van der Waals surface area contributed by atoms with E-state index in [4.69, 9.17) is 4.74 Å². The van der Waals surface area contributed by atoms with Gasteiger partial charge in [0.25, 0.3) is 0 Å². The maximum absolute atomic E-state index is 10.8. The normalized spacial score (nSPS) is 13.4. The van der Waals surface area contributed by atoms with Crippen LogP contribution in [0.15, 0.2) is 11.6 Å². The second-order valence-corrected chi connectivity index (χ2v) is 4.64. The predicted molar refractivity (Wildman–Crippen MR) is 54.4 cm³/mol. The van der Waals surface area contributed by atoms with Gasteiger partial charge in [0.15, 0.2) is 0 Å². The minimum absolute atomic E-state index is 0.0388. The molecule has 0 aliphatic heterocycles. The van der Waals surface area contributed by atoms with Gasteiger partial charge in [-0.05, 0) is 19.9 Å². The lowest BCUT2D eigenvalue weighted by Gasteiger charge is -2.27. The van der Waals surface area contributed by atoms with Gasteiger partial charge in [-0.2, -0.15) is 0 Å². The molecule has 0 rings (SSSR count). The third-order valence-electron chi connectivity index (χ3n) is 1.63. The summed E-state index contributed by atoms with van der Waals surface area (Å²) in [6, 6.07) is 0. The predicted octanol–water partition coefficient (Wildman–Crippen LogP) is 2.93. The van der Waals surface area contributed by atoms with E-state index >= 15 is 0 Å². The van der Waals surface area contributed by atoms with Crippen molar-refractivity contribution in [2.24, 2.45) is 5.41 Å². The molecule has 0 spiro atoms. The number of esters is 1. The number of hydrogen-bond acceptors (Lipinski definition) is 2. The summed E-state index contributed by atoms with van der Waals surface area (Å²) in [5.74, 6) is -0.225. The number of carbonyl (C=O) groups excluding carboxylic acids is 1. The van der Waals surface area contributed by atoms with Crippen LogP contribution in [0.25, 0.3) is 0 Å². The van der Waals surface area contributed by atoms with Crippen LogP contribution in [0.3, 0.4) is 0 Å². The third kappa shape index (κ3) is 5.45. The fraction of sp³-hybridized carbons (Fsp3) is 0.727. The summed E-state index contributed by atoms with van der Waals surface area (Å²) in [6.07, 6.45) is 1.86. The molecule has 0 N–H and O–H groups in total. The Kier molecular flexibility index (Phi) is 4.18. The molecule has 0 bridgehead atoms. The van der Waals surface area contributed by atoms with Crippen LogP contribution in [0.4, 0.5) is 0 Å². The Labute approximate surface area is 81.0 Å². The van der Waals surface area contributed by atoms with Crippen molar-refractivity contribution in [3.05, 3.63) is 11.6 Å². The van der Waals surface area contributed by atoms with Gasteiger partial charge >= 0.3 is 5.97 Å². The van der Waals surface area contributed by atoms with Crippen molar-refractivity contribution < 1.29 is 9.53 Å². The first-order valence-electron chi connectivity index (χ1n) is 4.55. The van der Waals surface area contributed by atoms with Crippen LogP contribution in [0.5, 0.6) is 0 Å². The summed E-state index contributed by atoms with van der Waals surface area (Å²) in [5, 5.41) is 0. The third-order valence-corrected chi connectivity index (χ3v) is 1.63. The van der Waals surface area contributed by atoms with E-state index in [0.29, 0.717) is 0 Å². The molecular formula is C11H20O2. The van der Waals surface area contributed by atoms with Crippen molar-refractivity contribution >= 4 is 5.97 Å². The molecule has 2 nitrogen and oxygen atoms in total. The van der Waals surface area contributed by atoms with Crippen LogP contribution in [-0.2, 0) is 9.53 Å². The molecule has 0 saturated heterocycles. The smallest absolute Gasteiger partial charge is 0.303 e. The number of ether oxygens (including phenoxy) is 1. The molecule has 0 fully saturated rings. The molecule has 0 amide bonds. The molecule has 1 unspecified atom stereocenters. The fourth-order valence-electron chi connectivity index (χ4n) is 0.942. The first kappa shape index (κ1) is 12.2. The maximum atomic E-state index is 10.8. The molecule has 13 heavy (non-hydrogen) atoms. The zero-order chi connectivity index (χ0) is 10.6. The number of carbonyl (C=O) groups is 1. The molecule has 0 heterocycles. The molecular weight excluding hydrogens is 164 g/mol. The Morgan fingerprint density at radius 2 is 1.69 bits per heavy atom. The van der Waals surface area contributed by atoms with Crippen LogP contribution in [-0.4, -0.2) is 12.1 Å². The minimum Gasteiger partial charge on any atom is -0.458 e. The molecule has 0 aromatic carbocycles. The molecule has 2 heteroatoms. The Balaban J connectivity index is 4.57. The second-order valence-electron chi connectivity index (χ2n) is 4.64. The highest BCUT2D eigenvalue weighted by Gasteiger charge is 2.24. The summed E-state index contributed by atoms with van der Waals surface area (Å²) in [6.45, 7) is 11.6. The lowest BCUT2D eigenvalue weighted by Crippen LogP contribution is -2.29. The van der Waals surface area contributed by atoms with Gasteiger partial charge in [0.2, 0.25) is 0 Å². The summed E-state index contributed by atoms with van der Waals surface area (Å²) in [5.41, 5.74) is 1.13. The zero-order valence-corrected chi connectivity index (χ0v) is 9.47. The topological polar surface area (TPSA) is 26.3 Å². The van der Waals surface area contributed by atoms with Gasteiger partial charge in [-0.1, -0.05) is 26.3 Å². The van der Waals surface area contributed by atoms with E-state index < -0.39 is 0 Å². The van der Waals surface area contributed by atoms with E-state index in [-0.39, 0.29) is 17.5 Å². The van der Waals surface area contributed by atoms with E-state index in [0.717, 1.165) is 0 Å². The van der Waals surface area contributed by atoms with Crippen LogP contribution >= 0.6 is 0 Å². The van der Waals surface area contributed by atoms with Crippen LogP contribution < -0.4 is 0 Å². The summed E-state index contributed by atoms with van der Waals surface area (Å²) in [7, 11) is 0. The summed E-state index contributed by atoms with van der Waals surface area (Å²) in [4.78, 5) is 10.8. The van der Waals surface area contributed by atoms with Gasteiger partial charge in [-0.3, -0.25) is 4.79 Å². The number of allylic oxidation sites excluding steroid dienone is 1. The van der Waals surface area contributed by atoms with Crippen molar-refractivity contribution in [2.75, 3.05) is 0 Å². The molecule has 0 aromatic rings. The van der Waals surface area contributed by atoms with Gasteiger partial charge in [-0.15, -0.1) is 0 Å². The highest BCUT2D eigenvalue weighted by Crippen LogP contribution is 2.24. The standard InChI is InChI=1S/C11H20O2/c1-8(2)7-10(11(4,5)6)13-9(3)12/h7,10H,1-6H3. The number of hydrogen-bond donors (Lipinski definition) is 0. The fourth-order valence-corrected chi connectivity index (χ4v) is 0.942. The molecule has 0 aromatic heterocycles. The Hall–Kier alpha value is -0.790. The van der Waals surface area contributed by atoms with E-state index in [9.17, 15) is 4.79 Å². The van der Waals surface area contributed by atoms with E-state index in [1.807, 2.05) is 19.9 Å². The zero-order valence-electron chi connectivity index (χ0n) is 9.47. The van der Waals surface area contributed by atoms with Crippen LogP contribution in [0.2, 0.25) is 0 Å². The van der Waals surface area contributed by atoms with E-state index in [1.165, 1.54) is 12.5 Å². The Morgan fingerprint density at radius 1 is 1.23 bits per heavy atom. The van der Waals surface area contributed by atoms with Crippen molar-refractivity contribution in [3.63, 3.8) is 0 Å². The largest absolute Gasteiger partial charge is 0.458 e. The average Bonchev–Trinajstić information content (AvgIpc) is 1.81. The van der Waals surface area contributed by atoms with Gasteiger partial charge in [-0.25, -0.2) is 0 Å². The van der Waals surface area contributed by atoms with Crippen LogP contribution in [0.1, 0.15) is 41.5 Å². The van der Waals surface area contributed by atoms with Crippen molar-refractivity contribution in [3.8, 4) is 0 Å². The second kappa shape index (κ2) is 4.45. The monoisotopic (exact) mass is 184 g/mol. The minimum atomic E-state index is -0.225. The van der Waals surface area contributed by atoms with Gasteiger partial charge in [0.05, 0.1) is 0 Å². The molecule has 0 radical (unpaired) electrons. The Morgan fingerprint density at radius 3 is 1.92 bits per heavy atom. The maximum Gasteiger partial charge on any atom is 0.303 e. The lowest BCUT2D eigenvalue weighted by molar-refractivity contribution is -0.148. The van der Waals surface area contributed by atoms with Crippen molar-refractivity contribution in [2.45, 2.75) is 47.6 Å². The quantitative estimate of drug-likeness (QED) is 0.487. The SMILES string of the molecule is CC(=O)OC(C=C(C)C)C(C)(C)C. The molecule has 0 saturated carbocycles. The summed E-state index contributed by atoms with van der Waals surface area (Å²) < 4.78 is 5.21. The lowest BCUT2D eigenvalue weighted by atomic mass is 9.88. The number of rotatable bonds is 2. The highest BCUT2D eigenvalue weighted by molar-refractivity contribution is 5.66. The first-order chi connectivity index (χ1) is 5.73. The first-order valence-corrected chi connectivity index (χ1v) is 4.55.